The summed E-state index contributed by atoms with van der Waals surface area (Å²) in [5, 5.41) is 0. The molecule has 1 aromatic heterocycles. The van der Waals surface area contributed by atoms with Gasteiger partial charge in [0.2, 0.25) is 0 Å². The summed E-state index contributed by atoms with van der Waals surface area (Å²) in [6.07, 6.45) is 8.50. The molecule has 0 bridgehead atoms. The fourth-order valence-electron chi connectivity index (χ4n) is 2.25. The number of halogens is 1. The number of pyridine rings is 1. The van der Waals surface area contributed by atoms with Gasteiger partial charge in [0.1, 0.15) is 0 Å². The third-order valence-corrected chi connectivity index (χ3v) is 3.99. The third-order valence-electron chi connectivity index (χ3n) is 3.46. The van der Waals surface area contributed by atoms with E-state index in [4.69, 9.17) is 0 Å². The fourth-order valence-corrected chi connectivity index (χ4v) is 2.51. The molecule has 0 saturated carbocycles. The number of aromatic nitrogens is 1. The monoisotopic (exact) mass is 350 g/mol. The highest BCUT2D eigenvalue weighted by atomic mass is 79.9. The average Bonchev–Trinajstić information content (AvgIpc) is 2.57. The van der Waals surface area contributed by atoms with E-state index in [0.29, 0.717) is 0 Å². The van der Waals surface area contributed by atoms with Crippen LogP contribution in [0.25, 0.3) is 12.2 Å². The molecule has 3 rings (SSSR count). The Hall–Kier alpha value is -2.19. The summed E-state index contributed by atoms with van der Waals surface area (Å²) >= 11 is 3.45. The molecule has 22 heavy (non-hydrogen) atoms. The van der Waals surface area contributed by atoms with Gasteiger partial charge in [0.15, 0.2) is 18.9 Å². The zero-order valence-corrected chi connectivity index (χ0v) is 13.8. The topological polar surface area (TPSA) is 3.88 Å². The number of nitrogens with zero attached hydrogens (tertiary/aromatic N) is 1. The molecule has 0 fully saturated rings. The molecule has 0 amide bonds. The molecule has 2 heteroatoms. The number of hydrogen-bond acceptors (Lipinski definition) is 0. The predicted octanol–water partition coefficient (Wildman–Crippen LogP) is 4.96. The van der Waals surface area contributed by atoms with Crippen molar-refractivity contribution in [3.8, 4) is 0 Å². The molecule has 0 aliphatic rings. The Labute approximate surface area is 139 Å². The van der Waals surface area contributed by atoms with Crippen LogP contribution in [-0.2, 0) is 6.54 Å². The maximum Gasteiger partial charge on any atom is 0.173 e. The summed E-state index contributed by atoms with van der Waals surface area (Å²) in [6, 6.07) is 23.1. The number of hydrogen-bond donors (Lipinski definition) is 0. The van der Waals surface area contributed by atoms with Crippen LogP contribution in [0.4, 0.5) is 0 Å². The lowest BCUT2D eigenvalue weighted by atomic mass is 10.1. The summed E-state index contributed by atoms with van der Waals surface area (Å²) in [5.41, 5.74) is 3.71. The maximum absolute atomic E-state index is 3.45. The Morgan fingerprint density at radius 1 is 0.727 bits per heavy atom. The van der Waals surface area contributed by atoms with Crippen LogP contribution < -0.4 is 4.57 Å². The van der Waals surface area contributed by atoms with Gasteiger partial charge in [-0.15, -0.1) is 0 Å². The van der Waals surface area contributed by atoms with Gasteiger partial charge in [-0.05, 0) is 23.3 Å². The molecule has 1 nitrogen and oxygen atoms in total. The molecule has 0 unspecified atom stereocenters. The lowest BCUT2D eigenvalue weighted by molar-refractivity contribution is -0.688. The molecule has 0 aliphatic heterocycles. The van der Waals surface area contributed by atoms with Crippen molar-refractivity contribution >= 4 is 28.1 Å². The molecule has 1 heterocycles. The Morgan fingerprint density at radius 3 is 1.95 bits per heavy atom. The van der Waals surface area contributed by atoms with E-state index in [1.54, 1.807) is 0 Å². The maximum atomic E-state index is 3.45. The van der Waals surface area contributed by atoms with E-state index >= 15 is 0 Å². The lowest BCUT2D eigenvalue weighted by Gasteiger charge is -1.98. The van der Waals surface area contributed by atoms with E-state index < -0.39 is 0 Å². The van der Waals surface area contributed by atoms with Crippen LogP contribution in [-0.4, -0.2) is 0 Å². The second kappa shape index (κ2) is 7.19. The summed E-state index contributed by atoms with van der Waals surface area (Å²) in [7, 11) is 0. The Kier molecular flexibility index (Phi) is 4.81. The second-order valence-corrected chi connectivity index (χ2v) is 6.09. The van der Waals surface area contributed by atoms with Crippen molar-refractivity contribution in [2.45, 2.75) is 6.54 Å². The quantitative estimate of drug-likeness (QED) is 0.585. The largest absolute Gasteiger partial charge is 0.201 e. The van der Waals surface area contributed by atoms with Crippen LogP contribution in [0.3, 0.4) is 0 Å². The second-order valence-electron chi connectivity index (χ2n) is 5.17. The minimum absolute atomic E-state index is 0.900. The van der Waals surface area contributed by atoms with Crippen molar-refractivity contribution in [1.82, 2.24) is 0 Å². The zero-order chi connectivity index (χ0) is 15.2. The van der Waals surface area contributed by atoms with Gasteiger partial charge in [-0.3, -0.25) is 0 Å². The van der Waals surface area contributed by atoms with Gasteiger partial charge in [0.05, 0.1) is 0 Å². The Balaban J connectivity index is 1.67. The molecule has 0 saturated heterocycles. The van der Waals surface area contributed by atoms with E-state index in [1.165, 1.54) is 16.7 Å². The van der Waals surface area contributed by atoms with Crippen molar-refractivity contribution in [1.29, 1.82) is 0 Å². The van der Waals surface area contributed by atoms with Crippen LogP contribution in [0.1, 0.15) is 16.7 Å². The molecule has 0 spiro atoms. The fraction of sp³-hybridized carbons (Fsp3) is 0.0500. The van der Waals surface area contributed by atoms with Crippen molar-refractivity contribution < 1.29 is 4.57 Å². The molecule has 0 radical (unpaired) electrons. The standard InChI is InChI=1S/C20H17BrN/c21-20-10-8-17(9-11-20)6-7-18-12-14-22(15-13-18)16-19-4-2-1-3-5-19/h1-15H,16H2/q+1/b7-6+. The van der Waals surface area contributed by atoms with Gasteiger partial charge < -0.3 is 0 Å². The highest BCUT2D eigenvalue weighted by Crippen LogP contribution is 2.13. The molecule has 2 aromatic carbocycles. The molecule has 0 atom stereocenters. The van der Waals surface area contributed by atoms with Crippen molar-refractivity contribution in [2.75, 3.05) is 0 Å². The van der Waals surface area contributed by atoms with Gasteiger partial charge in [0, 0.05) is 22.2 Å². The van der Waals surface area contributed by atoms with Gasteiger partial charge in [0.25, 0.3) is 0 Å². The van der Waals surface area contributed by atoms with E-state index in [0.717, 1.165) is 11.0 Å². The predicted molar refractivity (Wildman–Crippen MR) is 95.3 cm³/mol. The molecular formula is C20H17BrN+. The first-order valence-electron chi connectivity index (χ1n) is 7.26. The highest BCUT2D eigenvalue weighted by Gasteiger charge is 2.01. The van der Waals surface area contributed by atoms with Crippen LogP contribution in [0.2, 0.25) is 0 Å². The van der Waals surface area contributed by atoms with Crippen LogP contribution in [0, 0.1) is 0 Å². The first kappa shape index (κ1) is 14.7. The van der Waals surface area contributed by atoms with Crippen LogP contribution >= 0.6 is 15.9 Å². The minimum atomic E-state index is 0.900. The first-order valence-corrected chi connectivity index (χ1v) is 8.05. The summed E-state index contributed by atoms with van der Waals surface area (Å²) in [4.78, 5) is 0. The van der Waals surface area contributed by atoms with E-state index in [9.17, 15) is 0 Å². The van der Waals surface area contributed by atoms with E-state index in [1.807, 2.05) is 6.07 Å². The van der Waals surface area contributed by atoms with Gasteiger partial charge in [-0.25, -0.2) is 4.57 Å². The van der Waals surface area contributed by atoms with Crippen molar-refractivity contribution in [2.24, 2.45) is 0 Å². The molecule has 0 aliphatic carbocycles. The van der Waals surface area contributed by atoms with Crippen LogP contribution in [0.5, 0.6) is 0 Å². The normalized spacial score (nSPS) is 11.0. The Bertz CT molecular complexity index is 744. The Morgan fingerprint density at radius 2 is 1.32 bits per heavy atom. The lowest BCUT2D eigenvalue weighted by Crippen LogP contribution is -2.32. The zero-order valence-electron chi connectivity index (χ0n) is 12.2. The molecule has 0 N–H and O–H groups in total. The van der Waals surface area contributed by atoms with Crippen LogP contribution in [0.15, 0.2) is 83.6 Å². The van der Waals surface area contributed by atoms with Gasteiger partial charge >= 0.3 is 0 Å². The van der Waals surface area contributed by atoms with E-state index in [2.05, 4.69) is 106 Å². The van der Waals surface area contributed by atoms with Crippen molar-refractivity contribution in [3.05, 3.63) is 100 Å². The first-order chi connectivity index (χ1) is 10.8. The molecular weight excluding hydrogens is 334 g/mol. The van der Waals surface area contributed by atoms with Gasteiger partial charge in [-0.1, -0.05) is 70.5 Å². The SMILES string of the molecule is Brc1ccc(/C=C/c2cc[n+](Cc3ccccc3)cc2)cc1. The average molecular weight is 351 g/mol. The van der Waals surface area contributed by atoms with Crippen molar-refractivity contribution in [3.63, 3.8) is 0 Å². The molecule has 3 aromatic rings. The summed E-state index contributed by atoms with van der Waals surface area (Å²) in [6.45, 7) is 0.900. The van der Waals surface area contributed by atoms with E-state index in [-0.39, 0.29) is 0 Å². The summed E-state index contributed by atoms with van der Waals surface area (Å²) < 4.78 is 3.29. The summed E-state index contributed by atoms with van der Waals surface area (Å²) in [5.74, 6) is 0. The third kappa shape index (κ3) is 4.15. The highest BCUT2D eigenvalue weighted by molar-refractivity contribution is 9.10. The minimum Gasteiger partial charge on any atom is -0.201 e. The number of benzene rings is 2. The molecule has 108 valence electrons. The number of rotatable bonds is 4. The smallest absolute Gasteiger partial charge is 0.173 e. The van der Waals surface area contributed by atoms with Gasteiger partial charge in [-0.2, -0.15) is 0 Å².